The van der Waals surface area contributed by atoms with Gasteiger partial charge in [-0.05, 0) is 25.5 Å². The van der Waals surface area contributed by atoms with Crippen molar-refractivity contribution in [2.24, 2.45) is 0 Å². The van der Waals surface area contributed by atoms with Crippen molar-refractivity contribution in [1.82, 2.24) is 10.3 Å². The summed E-state index contributed by atoms with van der Waals surface area (Å²) in [4.78, 5) is 4.27. The van der Waals surface area contributed by atoms with E-state index in [9.17, 15) is 0 Å². The molecule has 1 heterocycles. The van der Waals surface area contributed by atoms with Crippen molar-refractivity contribution >= 4 is 23.2 Å². The molecule has 4 heteroatoms. The van der Waals surface area contributed by atoms with Gasteiger partial charge in [-0.3, -0.25) is 4.98 Å². The summed E-state index contributed by atoms with van der Waals surface area (Å²) in [5.74, 6) is 0. The highest BCUT2D eigenvalue weighted by Gasteiger charge is 2.10. The molecule has 1 aromatic heterocycles. The maximum atomic E-state index is 6.09. The molecule has 90 valence electrons. The first-order valence-electron chi connectivity index (χ1n) is 5.70. The van der Waals surface area contributed by atoms with E-state index >= 15 is 0 Å². The lowest BCUT2D eigenvalue weighted by Gasteiger charge is -2.16. The molecule has 0 aliphatic carbocycles. The largest absolute Gasteiger partial charge is 0.314 e. The van der Waals surface area contributed by atoms with Gasteiger partial charge in [-0.2, -0.15) is 0 Å². The fourth-order valence-electron chi connectivity index (χ4n) is 1.54. The molecular formula is C12H18Cl2N2. The zero-order valence-corrected chi connectivity index (χ0v) is 11.3. The molecule has 1 unspecified atom stereocenters. The smallest absolute Gasteiger partial charge is 0.0636 e. The molecule has 0 aromatic carbocycles. The van der Waals surface area contributed by atoms with Gasteiger partial charge in [-0.15, -0.1) is 0 Å². The average molecular weight is 261 g/mol. The molecule has 0 aliphatic heterocycles. The monoisotopic (exact) mass is 260 g/mol. The van der Waals surface area contributed by atoms with E-state index in [4.69, 9.17) is 23.2 Å². The summed E-state index contributed by atoms with van der Waals surface area (Å²) < 4.78 is 0. The second kappa shape index (κ2) is 7.10. The van der Waals surface area contributed by atoms with Gasteiger partial charge in [0, 0.05) is 18.7 Å². The van der Waals surface area contributed by atoms with E-state index in [1.807, 2.05) is 0 Å². The van der Waals surface area contributed by atoms with E-state index in [0.29, 0.717) is 16.1 Å². The average Bonchev–Trinajstić information content (AvgIpc) is 2.27. The highest BCUT2D eigenvalue weighted by molar-refractivity contribution is 6.34. The van der Waals surface area contributed by atoms with Crippen LogP contribution >= 0.6 is 23.2 Å². The van der Waals surface area contributed by atoms with Crippen molar-refractivity contribution < 1.29 is 0 Å². The predicted molar refractivity (Wildman–Crippen MR) is 70.3 cm³/mol. The zero-order chi connectivity index (χ0) is 12.0. The lowest BCUT2D eigenvalue weighted by Crippen LogP contribution is -2.31. The lowest BCUT2D eigenvalue weighted by atomic mass is 10.1. The van der Waals surface area contributed by atoms with Crippen molar-refractivity contribution in [2.45, 2.75) is 39.2 Å². The maximum Gasteiger partial charge on any atom is 0.0636 e. The van der Waals surface area contributed by atoms with Gasteiger partial charge in [-0.1, -0.05) is 37.0 Å². The Hall–Kier alpha value is -0.310. The van der Waals surface area contributed by atoms with E-state index in [0.717, 1.165) is 31.5 Å². The third kappa shape index (κ3) is 4.28. The number of nitrogens with one attached hydrogen (secondary N) is 1. The SMILES string of the molecule is CCCNC(CC)Cc1ncc(Cl)cc1Cl. The van der Waals surface area contributed by atoms with E-state index in [1.54, 1.807) is 12.3 Å². The maximum absolute atomic E-state index is 6.09. The minimum absolute atomic E-state index is 0.436. The van der Waals surface area contributed by atoms with Crippen molar-refractivity contribution in [3.63, 3.8) is 0 Å². The zero-order valence-electron chi connectivity index (χ0n) is 9.76. The van der Waals surface area contributed by atoms with Crippen molar-refractivity contribution in [1.29, 1.82) is 0 Å². The van der Waals surface area contributed by atoms with Crippen LogP contribution in [-0.2, 0) is 6.42 Å². The Labute approximate surface area is 107 Å². The fraction of sp³-hybridized carbons (Fsp3) is 0.583. The number of rotatable bonds is 6. The van der Waals surface area contributed by atoms with Crippen molar-refractivity contribution in [3.8, 4) is 0 Å². The minimum atomic E-state index is 0.436. The van der Waals surface area contributed by atoms with Gasteiger partial charge in [0.15, 0.2) is 0 Å². The van der Waals surface area contributed by atoms with Crippen LogP contribution in [0.5, 0.6) is 0 Å². The molecule has 2 nitrogen and oxygen atoms in total. The normalized spacial score (nSPS) is 12.8. The molecule has 1 aromatic rings. The summed E-state index contributed by atoms with van der Waals surface area (Å²) in [6.45, 7) is 5.36. The predicted octanol–water partition coefficient (Wildman–Crippen LogP) is 3.71. The molecular weight excluding hydrogens is 243 g/mol. The summed E-state index contributed by atoms with van der Waals surface area (Å²) in [7, 11) is 0. The molecule has 0 aliphatic rings. The number of halogens is 2. The lowest BCUT2D eigenvalue weighted by molar-refractivity contribution is 0.490. The molecule has 0 saturated carbocycles. The molecule has 0 radical (unpaired) electrons. The summed E-state index contributed by atoms with van der Waals surface area (Å²) in [5, 5.41) is 4.72. The van der Waals surface area contributed by atoms with Crippen molar-refractivity contribution in [2.75, 3.05) is 6.54 Å². The second-order valence-electron chi connectivity index (χ2n) is 3.85. The van der Waals surface area contributed by atoms with Crippen LogP contribution in [0.25, 0.3) is 0 Å². The molecule has 0 spiro atoms. The van der Waals surface area contributed by atoms with Gasteiger partial charge in [0.25, 0.3) is 0 Å². The summed E-state index contributed by atoms with van der Waals surface area (Å²) in [6.07, 6.45) is 4.71. The second-order valence-corrected chi connectivity index (χ2v) is 4.69. The molecule has 0 bridgehead atoms. The minimum Gasteiger partial charge on any atom is -0.314 e. The van der Waals surface area contributed by atoms with Crippen LogP contribution in [0.3, 0.4) is 0 Å². The van der Waals surface area contributed by atoms with Gasteiger partial charge in [0.05, 0.1) is 15.7 Å². The summed E-state index contributed by atoms with van der Waals surface area (Å²) in [6, 6.07) is 2.18. The van der Waals surface area contributed by atoms with Crippen LogP contribution < -0.4 is 5.32 Å². The first-order chi connectivity index (χ1) is 7.67. The summed E-state index contributed by atoms with van der Waals surface area (Å²) >= 11 is 11.9. The van der Waals surface area contributed by atoms with Crippen LogP contribution in [0.2, 0.25) is 10.0 Å². The van der Waals surface area contributed by atoms with Gasteiger partial charge >= 0.3 is 0 Å². The van der Waals surface area contributed by atoms with E-state index in [-0.39, 0.29) is 0 Å². The third-order valence-corrected chi connectivity index (χ3v) is 3.03. The molecule has 0 amide bonds. The van der Waals surface area contributed by atoms with Crippen LogP contribution in [0.1, 0.15) is 32.4 Å². The van der Waals surface area contributed by atoms with Crippen LogP contribution in [-0.4, -0.2) is 17.6 Å². The fourth-order valence-corrected chi connectivity index (χ4v) is 1.99. The van der Waals surface area contributed by atoms with E-state index < -0.39 is 0 Å². The Bertz CT molecular complexity index is 329. The third-order valence-electron chi connectivity index (χ3n) is 2.50. The van der Waals surface area contributed by atoms with Crippen molar-refractivity contribution in [3.05, 3.63) is 28.0 Å². The standard InChI is InChI=1S/C12H18Cl2N2/c1-3-5-15-10(4-2)7-12-11(14)6-9(13)8-16-12/h6,8,10,15H,3-5,7H2,1-2H3. The molecule has 1 rings (SSSR count). The Morgan fingerprint density at radius 3 is 2.69 bits per heavy atom. The number of hydrogen-bond acceptors (Lipinski definition) is 2. The first-order valence-corrected chi connectivity index (χ1v) is 6.46. The molecule has 1 atom stereocenters. The quantitative estimate of drug-likeness (QED) is 0.844. The highest BCUT2D eigenvalue weighted by Crippen LogP contribution is 2.20. The molecule has 16 heavy (non-hydrogen) atoms. The Balaban J connectivity index is 2.62. The highest BCUT2D eigenvalue weighted by atomic mass is 35.5. The Kier molecular flexibility index (Phi) is 6.10. The summed E-state index contributed by atoms with van der Waals surface area (Å²) in [5.41, 5.74) is 0.918. The van der Waals surface area contributed by atoms with Crippen LogP contribution in [0.15, 0.2) is 12.3 Å². The van der Waals surface area contributed by atoms with E-state index in [2.05, 4.69) is 24.1 Å². The number of nitrogens with zero attached hydrogens (tertiary/aromatic N) is 1. The van der Waals surface area contributed by atoms with Gasteiger partial charge in [-0.25, -0.2) is 0 Å². The number of aromatic nitrogens is 1. The van der Waals surface area contributed by atoms with Gasteiger partial charge in [0.1, 0.15) is 0 Å². The number of hydrogen-bond donors (Lipinski definition) is 1. The van der Waals surface area contributed by atoms with Gasteiger partial charge < -0.3 is 5.32 Å². The first kappa shape index (κ1) is 13.8. The van der Waals surface area contributed by atoms with Crippen LogP contribution in [0, 0.1) is 0 Å². The molecule has 0 fully saturated rings. The van der Waals surface area contributed by atoms with Gasteiger partial charge in [0.2, 0.25) is 0 Å². The molecule has 0 saturated heterocycles. The molecule has 1 N–H and O–H groups in total. The Morgan fingerprint density at radius 2 is 2.12 bits per heavy atom. The topological polar surface area (TPSA) is 24.9 Å². The Morgan fingerprint density at radius 1 is 1.38 bits per heavy atom. The van der Waals surface area contributed by atoms with Crippen LogP contribution in [0.4, 0.5) is 0 Å². The number of pyridine rings is 1. The van der Waals surface area contributed by atoms with E-state index in [1.165, 1.54) is 0 Å².